The minimum absolute atomic E-state index is 0.0977. The second-order valence-electron chi connectivity index (χ2n) is 5.94. The normalized spacial score (nSPS) is 14.3. The Morgan fingerprint density at radius 1 is 1.04 bits per heavy atom. The topological polar surface area (TPSA) is 67.1 Å². The average molecular weight is 323 g/mol. The van der Waals surface area contributed by atoms with Crippen LogP contribution in [0.1, 0.15) is 12.8 Å². The van der Waals surface area contributed by atoms with Crippen LogP contribution in [0.5, 0.6) is 0 Å². The summed E-state index contributed by atoms with van der Waals surface area (Å²) in [6.45, 7) is 2.01. The number of hydrogen-bond acceptors (Lipinski definition) is 5. The second kappa shape index (κ2) is 5.96. The minimum atomic E-state index is -0.433. The molecule has 0 aliphatic carbocycles. The van der Waals surface area contributed by atoms with Gasteiger partial charge in [-0.1, -0.05) is 12.1 Å². The Labute approximate surface area is 139 Å². The van der Waals surface area contributed by atoms with E-state index in [1.54, 1.807) is 12.1 Å². The van der Waals surface area contributed by atoms with Crippen molar-refractivity contribution >= 4 is 34.0 Å². The fourth-order valence-electron chi connectivity index (χ4n) is 3.04. The van der Waals surface area contributed by atoms with Crippen molar-refractivity contribution in [1.29, 1.82) is 0 Å². The second-order valence-corrected chi connectivity index (χ2v) is 5.94. The van der Waals surface area contributed by atoms with Crippen molar-refractivity contribution in [1.82, 2.24) is 9.97 Å². The molecular formula is C18H18FN5. The highest BCUT2D eigenvalue weighted by Gasteiger charge is 2.18. The smallest absolute Gasteiger partial charge is 0.229 e. The summed E-state index contributed by atoms with van der Waals surface area (Å²) in [6.07, 6.45) is 2.35. The van der Waals surface area contributed by atoms with Gasteiger partial charge in [-0.2, -0.15) is 4.98 Å². The molecule has 0 saturated carbocycles. The summed E-state index contributed by atoms with van der Waals surface area (Å²) in [5.74, 6) is 0.995. The van der Waals surface area contributed by atoms with Crippen LogP contribution in [0.4, 0.5) is 27.5 Å². The molecule has 0 amide bonds. The summed E-state index contributed by atoms with van der Waals surface area (Å²) in [4.78, 5) is 11.6. The first-order valence-corrected chi connectivity index (χ1v) is 8.04. The molecule has 3 aromatic rings. The van der Waals surface area contributed by atoms with Gasteiger partial charge in [-0.3, -0.25) is 0 Å². The summed E-state index contributed by atoms with van der Waals surface area (Å²) in [6, 6.07) is 12.5. The first kappa shape index (κ1) is 14.7. The maximum absolute atomic E-state index is 13.3. The van der Waals surface area contributed by atoms with E-state index in [1.807, 2.05) is 24.3 Å². The van der Waals surface area contributed by atoms with Crippen molar-refractivity contribution in [2.24, 2.45) is 0 Å². The van der Waals surface area contributed by atoms with E-state index in [0.717, 1.165) is 29.8 Å². The van der Waals surface area contributed by atoms with E-state index in [1.165, 1.54) is 18.9 Å². The Balaban J connectivity index is 1.76. The Hall–Kier alpha value is -2.89. The zero-order valence-electron chi connectivity index (χ0n) is 13.2. The Kier molecular flexibility index (Phi) is 3.65. The van der Waals surface area contributed by atoms with Crippen LogP contribution in [-0.4, -0.2) is 23.1 Å². The lowest BCUT2D eigenvalue weighted by Gasteiger charge is -2.19. The molecule has 0 radical (unpaired) electrons. The number of halogens is 1. The number of anilines is 4. The summed E-state index contributed by atoms with van der Waals surface area (Å²) in [7, 11) is 0. The number of aromatic nitrogens is 2. The molecule has 0 unspecified atom stereocenters. The first-order chi connectivity index (χ1) is 11.7. The SMILES string of the molecule is Nc1cc(Nc2nc(N3CCCC3)c3ccccc3n2)ccc1F. The fraction of sp³-hybridized carbons (Fsp3) is 0.222. The number of nitrogens with one attached hydrogen (secondary N) is 1. The molecule has 5 nitrogen and oxygen atoms in total. The van der Waals surface area contributed by atoms with Gasteiger partial charge in [0.1, 0.15) is 11.6 Å². The maximum atomic E-state index is 13.3. The van der Waals surface area contributed by atoms with Gasteiger partial charge in [0.25, 0.3) is 0 Å². The lowest BCUT2D eigenvalue weighted by molar-refractivity contribution is 0.632. The first-order valence-electron chi connectivity index (χ1n) is 8.04. The Morgan fingerprint density at radius 3 is 2.62 bits per heavy atom. The lowest BCUT2D eigenvalue weighted by Crippen LogP contribution is -2.20. The van der Waals surface area contributed by atoms with Crippen LogP contribution >= 0.6 is 0 Å². The van der Waals surface area contributed by atoms with Gasteiger partial charge in [0.15, 0.2) is 0 Å². The predicted molar refractivity (Wildman–Crippen MR) is 95.1 cm³/mol. The molecule has 0 atom stereocenters. The quantitative estimate of drug-likeness (QED) is 0.720. The highest BCUT2D eigenvalue weighted by molar-refractivity contribution is 5.90. The molecule has 2 aromatic carbocycles. The molecule has 0 spiro atoms. The van der Waals surface area contributed by atoms with Crippen LogP contribution in [-0.2, 0) is 0 Å². The van der Waals surface area contributed by atoms with Crippen LogP contribution in [0.3, 0.4) is 0 Å². The zero-order valence-corrected chi connectivity index (χ0v) is 13.2. The summed E-state index contributed by atoms with van der Waals surface area (Å²) in [5.41, 5.74) is 7.27. The van der Waals surface area contributed by atoms with Crippen molar-refractivity contribution in [2.45, 2.75) is 12.8 Å². The average Bonchev–Trinajstić information content (AvgIpc) is 3.12. The molecule has 1 saturated heterocycles. The third-order valence-electron chi connectivity index (χ3n) is 4.24. The molecule has 1 fully saturated rings. The fourth-order valence-corrected chi connectivity index (χ4v) is 3.04. The van der Waals surface area contributed by atoms with E-state index >= 15 is 0 Å². The van der Waals surface area contributed by atoms with Crippen molar-refractivity contribution in [3.63, 3.8) is 0 Å². The highest BCUT2D eigenvalue weighted by atomic mass is 19.1. The Bertz CT molecular complexity index is 890. The van der Waals surface area contributed by atoms with Gasteiger partial charge in [0, 0.05) is 24.2 Å². The number of nitrogen functional groups attached to an aromatic ring is 1. The van der Waals surface area contributed by atoms with Crippen molar-refractivity contribution in [2.75, 3.05) is 29.0 Å². The van der Waals surface area contributed by atoms with Crippen LogP contribution < -0.4 is 16.0 Å². The van der Waals surface area contributed by atoms with Crippen LogP contribution in [0, 0.1) is 5.82 Å². The van der Waals surface area contributed by atoms with Crippen molar-refractivity contribution in [3.8, 4) is 0 Å². The predicted octanol–water partition coefficient (Wildman–Crippen LogP) is 3.69. The third-order valence-corrected chi connectivity index (χ3v) is 4.24. The van der Waals surface area contributed by atoms with Crippen molar-refractivity contribution < 1.29 is 4.39 Å². The number of rotatable bonds is 3. The molecule has 1 aliphatic heterocycles. The maximum Gasteiger partial charge on any atom is 0.229 e. The van der Waals surface area contributed by atoms with Gasteiger partial charge in [-0.25, -0.2) is 9.37 Å². The van der Waals surface area contributed by atoms with E-state index in [4.69, 9.17) is 10.7 Å². The summed E-state index contributed by atoms with van der Waals surface area (Å²) < 4.78 is 13.3. The highest BCUT2D eigenvalue weighted by Crippen LogP contribution is 2.29. The number of benzene rings is 2. The third kappa shape index (κ3) is 2.71. The summed E-state index contributed by atoms with van der Waals surface area (Å²) in [5, 5.41) is 4.18. The summed E-state index contributed by atoms with van der Waals surface area (Å²) >= 11 is 0. The van der Waals surface area contributed by atoms with Crippen LogP contribution in [0.2, 0.25) is 0 Å². The van der Waals surface area contributed by atoms with Crippen molar-refractivity contribution in [3.05, 3.63) is 48.3 Å². The minimum Gasteiger partial charge on any atom is -0.396 e. The van der Waals surface area contributed by atoms with E-state index in [9.17, 15) is 4.39 Å². The number of nitrogens with two attached hydrogens (primary N) is 1. The molecule has 2 heterocycles. The van der Waals surface area contributed by atoms with E-state index in [2.05, 4.69) is 15.2 Å². The van der Waals surface area contributed by atoms with Crippen LogP contribution in [0.15, 0.2) is 42.5 Å². The van der Waals surface area contributed by atoms with Gasteiger partial charge in [0.05, 0.1) is 11.2 Å². The van der Waals surface area contributed by atoms with E-state index in [-0.39, 0.29) is 5.69 Å². The molecular weight excluding hydrogens is 305 g/mol. The molecule has 3 N–H and O–H groups in total. The Morgan fingerprint density at radius 2 is 1.83 bits per heavy atom. The van der Waals surface area contributed by atoms with Gasteiger partial charge in [-0.05, 0) is 43.2 Å². The van der Waals surface area contributed by atoms with Gasteiger partial charge < -0.3 is 16.0 Å². The molecule has 4 rings (SSSR count). The monoisotopic (exact) mass is 323 g/mol. The van der Waals surface area contributed by atoms with Gasteiger partial charge >= 0.3 is 0 Å². The van der Waals surface area contributed by atoms with Gasteiger partial charge in [0.2, 0.25) is 5.95 Å². The zero-order chi connectivity index (χ0) is 16.5. The molecule has 6 heteroatoms. The lowest BCUT2D eigenvalue weighted by atomic mass is 10.2. The number of nitrogens with zero attached hydrogens (tertiary/aromatic N) is 3. The van der Waals surface area contributed by atoms with E-state index < -0.39 is 5.82 Å². The number of fused-ring (bicyclic) bond motifs is 1. The van der Waals surface area contributed by atoms with E-state index in [0.29, 0.717) is 11.6 Å². The standard InChI is InChI=1S/C18H18FN5/c19-14-8-7-12(11-15(14)20)21-18-22-16-6-2-1-5-13(16)17(23-18)24-9-3-4-10-24/h1-2,5-8,11H,3-4,9-10,20H2,(H,21,22,23). The van der Waals surface area contributed by atoms with Crippen LogP contribution in [0.25, 0.3) is 10.9 Å². The molecule has 0 bridgehead atoms. The number of hydrogen-bond donors (Lipinski definition) is 2. The molecule has 122 valence electrons. The number of para-hydroxylation sites is 1. The molecule has 1 aliphatic rings. The molecule has 24 heavy (non-hydrogen) atoms. The largest absolute Gasteiger partial charge is 0.396 e. The van der Waals surface area contributed by atoms with Gasteiger partial charge in [-0.15, -0.1) is 0 Å². The molecule has 1 aromatic heterocycles.